The van der Waals surface area contributed by atoms with Gasteiger partial charge in [-0.2, -0.15) is 0 Å². The van der Waals surface area contributed by atoms with Gasteiger partial charge >= 0.3 is 0 Å². The fraction of sp³-hybridized carbons (Fsp3) is 0.415. The molecule has 0 aliphatic heterocycles. The van der Waals surface area contributed by atoms with Crippen LogP contribution in [0.4, 0.5) is 0 Å². The average molecular weight is 781 g/mol. The molecule has 45 heavy (non-hydrogen) atoms. The summed E-state index contributed by atoms with van der Waals surface area (Å²) >= 11 is 0. The maximum Gasteiger partial charge on any atom is 0.164 e. The number of benzene rings is 3. The van der Waals surface area contributed by atoms with E-state index < -0.39 is 5.41 Å². The Bertz CT molecular complexity index is 1710. The summed E-state index contributed by atoms with van der Waals surface area (Å²) in [6.45, 7) is 22.5. The monoisotopic (exact) mass is 781 g/mol. The summed E-state index contributed by atoms with van der Waals surface area (Å²) in [5.41, 5.74) is 9.67. The van der Waals surface area contributed by atoms with Gasteiger partial charge in [0.05, 0.1) is 0 Å². The fourth-order valence-corrected chi connectivity index (χ4v) is 5.34. The first-order valence-corrected chi connectivity index (χ1v) is 15.9. The molecule has 1 aromatic heterocycles. The summed E-state index contributed by atoms with van der Waals surface area (Å²) in [6, 6.07) is 23.8. The maximum absolute atomic E-state index is 11.5. The minimum Gasteiger partial charge on any atom is -0.512 e. The molecule has 1 N–H and O–H groups in total. The van der Waals surface area contributed by atoms with E-state index in [-0.39, 0.29) is 42.5 Å². The smallest absolute Gasteiger partial charge is 0.164 e. The maximum atomic E-state index is 11.5. The predicted molar refractivity (Wildman–Crippen MR) is 186 cm³/mol. The SMILES string of the molecule is CC(C)(C)C(=O)/C=C(\O)C(C)(C)C.CC(C)c1ccc2c(c1)CCc1cnc(-c3[c-]c4ccccc4c(C(C)(C)C)c3)cc1-2.[Ir]. The standard InChI is InChI=1S/C30H30N.C11H20O2.Ir/c1-19(2)20-12-13-25-22(14-20)10-11-23-18-31-29(17-27(23)25)24-15-21-8-6-7-9-26(21)28(16-24)30(3,4)5;1-10(2,3)8(12)7-9(13)11(4,5)6;/h6-9,12-14,16-19H,10-11H2,1-5H3;7,12H,1-6H3;/q-1;;/b;8-7-;. The molecule has 0 saturated heterocycles. The van der Waals surface area contributed by atoms with E-state index in [1.54, 1.807) is 0 Å². The van der Waals surface area contributed by atoms with Gasteiger partial charge in [0.15, 0.2) is 5.78 Å². The summed E-state index contributed by atoms with van der Waals surface area (Å²) in [7, 11) is 0. The van der Waals surface area contributed by atoms with Gasteiger partial charge in [0.2, 0.25) is 0 Å². The van der Waals surface area contributed by atoms with Crippen LogP contribution in [0.25, 0.3) is 33.2 Å². The Morgan fingerprint density at radius 3 is 2.09 bits per heavy atom. The molecule has 0 atom stereocenters. The average Bonchev–Trinajstić information content (AvgIpc) is 2.94. The van der Waals surface area contributed by atoms with E-state index in [1.807, 2.05) is 41.5 Å². The number of carbonyl (C=O) groups is 1. The van der Waals surface area contributed by atoms with E-state index in [1.165, 1.54) is 44.8 Å². The molecule has 4 aromatic rings. The first kappa shape index (κ1) is 36.4. The summed E-state index contributed by atoms with van der Waals surface area (Å²) in [4.78, 5) is 16.4. The molecule has 3 aromatic carbocycles. The van der Waals surface area contributed by atoms with Crippen molar-refractivity contribution in [3.05, 3.63) is 101 Å². The molecular weight excluding hydrogens is 731 g/mol. The van der Waals surface area contributed by atoms with Crippen LogP contribution in [-0.2, 0) is 43.2 Å². The van der Waals surface area contributed by atoms with Crippen molar-refractivity contribution < 1.29 is 30.0 Å². The first-order valence-electron chi connectivity index (χ1n) is 15.9. The number of aliphatic hydroxyl groups excluding tert-OH is 1. The van der Waals surface area contributed by atoms with Crippen molar-refractivity contribution in [2.45, 2.75) is 100 Å². The minimum atomic E-state index is -0.417. The largest absolute Gasteiger partial charge is 0.512 e. The normalized spacial score (nSPS) is 13.4. The second-order valence-corrected chi connectivity index (χ2v) is 15.6. The van der Waals surface area contributed by atoms with Crippen molar-refractivity contribution >= 4 is 16.6 Å². The van der Waals surface area contributed by atoms with Gasteiger partial charge in [0.25, 0.3) is 0 Å². The molecule has 1 aliphatic carbocycles. The van der Waals surface area contributed by atoms with Crippen LogP contribution in [0.15, 0.2) is 72.6 Å². The number of allylic oxidation sites excluding steroid dienone is 2. The van der Waals surface area contributed by atoms with Gasteiger partial charge < -0.3 is 5.11 Å². The number of hydrogen-bond acceptors (Lipinski definition) is 3. The predicted octanol–water partition coefficient (Wildman–Crippen LogP) is 11.0. The van der Waals surface area contributed by atoms with Crippen LogP contribution in [0.5, 0.6) is 0 Å². The van der Waals surface area contributed by atoms with Gasteiger partial charge in [-0.1, -0.05) is 130 Å². The van der Waals surface area contributed by atoms with Crippen molar-refractivity contribution in [2.24, 2.45) is 10.8 Å². The molecule has 1 aliphatic rings. The number of carbonyl (C=O) groups excluding carboxylic acids is 1. The van der Waals surface area contributed by atoms with E-state index >= 15 is 0 Å². The van der Waals surface area contributed by atoms with Crippen LogP contribution in [0, 0.1) is 16.9 Å². The Labute approximate surface area is 284 Å². The third kappa shape index (κ3) is 8.60. The number of hydrogen-bond donors (Lipinski definition) is 1. The Hall–Kier alpha value is -3.07. The zero-order chi connectivity index (χ0) is 32.6. The molecule has 0 spiro atoms. The van der Waals surface area contributed by atoms with Crippen LogP contribution < -0.4 is 0 Å². The van der Waals surface area contributed by atoms with Crippen molar-refractivity contribution in [3.63, 3.8) is 0 Å². The third-order valence-electron chi connectivity index (χ3n) is 8.37. The molecule has 241 valence electrons. The molecule has 3 nitrogen and oxygen atoms in total. The van der Waals surface area contributed by atoms with Crippen LogP contribution in [-0.4, -0.2) is 15.9 Å². The first-order chi connectivity index (χ1) is 20.4. The number of pyridine rings is 1. The number of ketones is 1. The Morgan fingerprint density at radius 2 is 1.49 bits per heavy atom. The Balaban J connectivity index is 0.000000338. The molecule has 0 fully saturated rings. The molecule has 5 rings (SSSR count). The van der Waals surface area contributed by atoms with Gasteiger partial charge in [-0.05, 0) is 52.0 Å². The molecule has 0 unspecified atom stereocenters. The second-order valence-electron chi connectivity index (χ2n) is 15.6. The van der Waals surface area contributed by atoms with Crippen LogP contribution in [0.3, 0.4) is 0 Å². The molecular formula is C41H50IrNO2-. The van der Waals surface area contributed by atoms with Crippen LogP contribution in [0.1, 0.15) is 104 Å². The van der Waals surface area contributed by atoms with E-state index in [9.17, 15) is 9.90 Å². The third-order valence-corrected chi connectivity index (χ3v) is 8.37. The van der Waals surface area contributed by atoms with E-state index in [0.29, 0.717) is 5.92 Å². The Kier molecular flexibility index (Phi) is 11.1. The molecule has 1 heterocycles. The van der Waals surface area contributed by atoms with Crippen molar-refractivity contribution in [3.8, 4) is 22.4 Å². The van der Waals surface area contributed by atoms with Crippen molar-refractivity contribution in [2.75, 3.05) is 0 Å². The Morgan fingerprint density at radius 1 is 0.844 bits per heavy atom. The van der Waals surface area contributed by atoms with Crippen molar-refractivity contribution in [1.29, 1.82) is 0 Å². The summed E-state index contributed by atoms with van der Waals surface area (Å²) in [6.07, 6.45) is 5.58. The molecule has 0 amide bonds. The zero-order valence-electron chi connectivity index (χ0n) is 29.0. The second kappa shape index (κ2) is 13.7. The molecule has 0 saturated carbocycles. The summed E-state index contributed by atoms with van der Waals surface area (Å²) < 4.78 is 0. The van der Waals surface area contributed by atoms with Gasteiger partial charge in [0.1, 0.15) is 5.76 Å². The molecule has 4 heteroatoms. The van der Waals surface area contributed by atoms with E-state index in [2.05, 4.69) is 101 Å². The molecule has 0 bridgehead atoms. The number of fused-ring (bicyclic) bond motifs is 4. The zero-order valence-corrected chi connectivity index (χ0v) is 31.4. The van der Waals surface area contributed by atoms with Crippen molar-refractivity contribution in [1.82, 2.24) is 4.98 Å². The minimum absolute atomic E-state index is 0. The van der Waals surface area contributed by atoms with Gasteiger partial charge in [0, 0.05) is 48.9 Å². The summed E-state index contributed by atoms with van der Waals surface area (Å²) in [5, 5.41) is 12.0. The number of aromatic nitrogens is 1. The fourth-order valence-electron chi connectivity index (χ4n) is 5.34. The van der Waals surface area contributed by atoms with E-state index in [4.69, 9.17) is 4.98 Å². The number of rotatable bonds is 3. The topological polar surface area (TPSA) is 50.2 Å². The van der Waals surface area contributed by atoms with Gasteiger partial charge in [-0.3, -0.25) is 9.78 Å². The van der Waals surface area contributed by atoms with Gasteiger partial charge in [-0.25, -0.2) is 0 Å². The van der Waals surface area contributed by atoms with Crippen LogP contribution in [0.2, 0.25) is 0 Å². The van der Waals surface area contributed by atoms with E-state index in [0.717, 1.165) is 29.5 Å². The number of aliphatic hydroxyl groups is 1. The quantitative estimate of drug-likeness (QED) is 0.128. The number of nitrogens with zero attached hydrogens (tertiary/aromatic N) is 1. The van der Waals surface area contributed by atoms with Gasteiger partial charge in [-0.15, -0.1) is 29.1 Å². The number of aryl methyl sites for hydroxylation is 2. The molecule has 1 radical (unpaired) electrons. The van der Waals surface area contributed by atoms with Crippen LogP contribution >= 0.6 is 0 Å². The summed E-state index contributed by atoms with van der Waals surface area (Å²) in [5.74, 6) is 0.662.